The molecule has 2 unspecified atom stereocenters. The van der Waals surface area contributed by atoms with Crippen molar-refractivity contribution in [1.29, 1.82) is 0 Å². The number of thioether (sulfide) groups is 1. The lowest BCUT2D eigenvalue weighted by Gasteiger charge is -2.21. The van der Waals surface area contributed by atoms with Crippen LogP contribution >= 0.6 is 11.8 Å². The SMILES string of the molecule is CCOC(=O)c1cnn(C)c1CNC(C)C(CO)SC. The van der Waals surface area contributed by atoms with E-state index in [0.717, 1.165) is 5.69 Å². The van der Waals surface area contributed by atoms with E-state index in [1.54, 1.807) is 30.4 Å². The maximum Gasteiger partial charge on any atom is 0.341 e. The van der Waals surface area contributed by atoms with Gasteiger partial charge in [-0.05, 0) is 20.1 Å². The van der Waals surface area contributed by atoms with E-state index in [9.17, 15) is 9.90 Å². The van der Waals surface area contributed by atoms with Crippen molar-refractivity contribution in [3.63, 3.8) is 0 Å². The second-order valence-electron chi connectivity index (χ2n) is 4.48. The molecule has 0 saturated heterocycles. The Morgan fingerprint density at radius 1 is 1.65 bits per heavy atom. The molecule has 20 heavy (non-hydrogen) atoms. The number of aliphatic hydroxyl groups excluding tert-OH is 1. The van der Waals surface area contributed by atoms with Crippen molar-refractivity contribution in [3.05, 3.63) is 17.5 Å². The molecule has 1 aromatic heterocycles. The van der Waals surface area contributed by atoms with E-state index in [0.29, 0.717) is 18.7 Å². The summed E-state index contributed by atoms with van der Waals surface area (Å²) in [7, 11) is 1.79. The number of hydrogen-bond donors (Lipinski definition) is 2. The summed E-state index contributed by atoms with van der Waals surface area (Å²) >= 11 is 1.61. The van der Waals surface area contributed by atoms with Crippen LogP contribution in [0.4, 0.5) is 0 Å². The van der Waals surface area contributed by atoms with Gasteiger partial charge in [-0.25, -0.2) is 4.79 Å². The second-order valence-corrected chi connectivity index (χ2v) is 5.55. The minimum absolute atomic E-state index is 0.117. The maximum absolute atomic E-state index is 11.8. The number of nitrogens with zero attached hydrogens (tertiary/aromatic N) is 2. The highest BCUT2D eigenvalue weighted by Gasteiger charge is 2.19. The number of aryl methyl sites for hydroxylation is 1. The number of aliphatic hydroxyl groups is 1. The van der Waals surface area contributed by atoms with Gasteiger partial charge in [-0.2, -0.15) is 16.9 Å². The fourth-order valence-corrected chi connectivity index (χ4v) is 2.53. The van der Waals surface area contributed by atoms with Gasteiger partial charge in [0.15, 0.2) is 0 Å². The van der Waals surface area contributed by atoms with E-state index in [-0.39, 0.29) is 23.9 Å². The summed E-state index contributed by atoms with van der Waals surface area (Å²) in [6.07, 6.45) is 3.49. The average Bonchev–Trinajstić information content (AvgIpc) is 2.79. The average molecular weight is 301 g/mol. The van der Waals surface area contributed by atoms with E-state index in [1.807, 2.05) is 13.2 Å². The molecule has 0 radical (unpaired) electrons. The predicted octanol–water partition coefficient (Wildman–Crippen LogP) is 0.799. The molecule has 0 aliphatic rings. The molecular weight excluding hydrogens is 278 g/mol. The van der Waals surface area contributed by atoms with Crippen LogP contribution in [0.5, 0.6) is 0 Å². The lowest BCUT2D eigenvalue weighted by molar-refractivity contribution is 0.0524. The van der Waals surface area contributed by atoms with Crippen LogP contribution in [-0.4, -0.2) is 51.6 Å². The first-order chi connectivity index (χ1) is 9.54. The van der Waals surface area contributed by atoms with Gasteiger partial charge in [0.25, 0.3) is 0 Å². The summed E-state index contributed by atoms with van der Waals surface area (Å²) in [4.78, 5) is 11.8. The minimum atomic E-state index is -0.353. The standard InChI is InChI=1S/C13H23N3O3S/c1-5-19-13(18)10-6-15-16(3)11(10)7-14-9(2)12(8-17)20-4/h6,9,12,14,17H,5,7-8H2,1-4H3. The fraction of sp³-hybridized carbons (Fsp3) is 0.692. The number of carbonyl (C=O) groups is 1. The highest BCUT2D eigenvalue weighted by atomic mass is 32.2. The number of ether oxygens (including phenoxy) is 1. The molecule has 114 valence electrons. The maximum atomic E-state index is 11.8. The van der Waals surface area contributed by atoms with Crippen molar-refractivity contribution in [2.45, 2.75) is 31.7 Å². The van der Waals surface area contributed by atoms with Crippen LogP contribution in [0.15, 0.2) is 6.20 Å². The Kier molecular flexibility index (Phi) is 7.04. The number of nitrogens with one attached hydrogen (secondary N) is 1. The summed E-state index contributed by atoms with van der Waals surface area (Å²) < 4.78 is 6.68. The number of esters is 1. The van der Waals surface area contributed by atoms with Gasteiger partial charge in [0, 0.05) is 24.9 Å². The number of hydrogen-bond acceptors (Lipinski definition) is 6. The first-order valence-electron chi connectivity index (χ1n) is 6.60. The van der Waals surface area contributed by atoms with Gasteiger partial charge in [-0.1, -0.05) is 0 Å². The second kappa shape index (κ2) is 8.28. The topological polar surface area (TPSA) is 76.4 Å². The van der Waals surface area contributed by atoms with Gasteiger partial charge in [-0.15, -0.1) is 0 Å². The molecular formula is C13H23N3O3S. The largest absolute Gasteiger partial charge is 0.462 e. The molecule has 6 nitrogen and oxygen atoms in total. The molecule has 1 rings (SSSR count). The third-order valence-corrected chi connectivity index (χ3v) is 4.35. The predicted molar refractivity (Wildman–Crippen MR) is 79.9 cm³/mol. The van der Waals surface area contributed by atoms with Gasteiger partial charge in [-0.3, -0.25) is 4.68 Å². The van der Waals surface area contributed by atoms with Gasteiger partial charge in [0.05, 0.1) is 25.1 Å². The van der Waals surface area contributed by atoms with Crippen LogP contribution in [0.1, 0.15) is 29.9 Å². The molecule has 0 bridgehead atoms. The number of rotatable bonds is 8. The molecule has 0 fully saturated rings. The van der Waals surface area contributed by atoms with Crippen LogP contribution < -0.4 is 5.32 Å². The summed E-state index contributed by atoms with van der Waals surface area (Å²) in [6.45, 7) is 4.75. The van der Waals surface area contributed by atoms with Crippen molar-refractivity contribution in [2.24, 2.45) is 7.05 Å². The Morgan fingerprint density at radius 3 is 2.90 bits per heavy atom. The Labute approximate surface area is 123 Å². The first kappa shape index (κ1) is 17.0. The van der Waals surface area contributed by atoms with Crippen LogP contribution in [-0.2, 0) is 18.3 Å². The van der Waals surface area contributed by atoms with Crippen LogP contribution in [0, 0.1) is 0 Å². The third kappa shape index (κ3) is 4.22. The van der Waals surface area contributed by atoms with Gasteiger partial charge in [0.2, 0.25) is 0 Å². The highest BCUT2D eigenvalue weighted by Crippen LogP contribution is 2.13. The number of aromatic nitrogens is 2. The zero-order chi connectivity index (χ0) is 15.1. The minimum Gasteiger partial charge on any atom is -0.462 e. The van der Waals surface area contributed by atoms with Crippen LogP contribution in [0.3, 0.4) is 0 Å². The van der Waals surface area contributed by atoms with Crippen molar-refractivity contribution < 1.29 is 14.6 Å². The zero-order valence-corrected chi connectivity index (χ0v) is 13.2. The smallest absolute Gasteiger partial charge is 0.341 e. The van der Waals surface area contributed by atoms with Crippen molar-refractivity contribution in [1.82, 2.24) is 15.1 Å². The van der Waals surface area contributed by atoms with Crippen molar-refractivity contribution in [3.8, 4) is 0 Å². The molecule has 0 amide bonds. The number of carbonyl (C=O) groups excluding carboxylic acids is 1. The summed E-state index contributed by atoms with van der Waals surface area (Å²) in [6, 6.07) is 0.125. The molecule has 0 aliphatic heterocycles. The molecule has 2 N–H and O–H groups in total. The normalized spacial score (nSPS) is 14.1. The lowest BCUT2D eigenvalue weighted by Crippen LogP contribution is -2.37. The zero-order valence-electron chi connectivity index (χ0n) is 12.4. The Hall–Kier alpha value is -1.05. The molecule has 0 saturated carbocycles. The van der Waals surface area contributed by atoms with Gasteiger partial charge in [0.1, 0.15) is 5.56 Å². The van der Waals surface area contributed by atoms with E-state index < -0.39 is 0 Å². The molecule has 1 aromatic rings. The van der Waals surface area contributed by atoms with Crippen molar-refractivity contribution in [2.75, 3.05) is 19.5 Å². The Balaban J connectivity index is 2.72. The van der Waals surface area contributed by atoms with E-state index in [1.165, 1.54) is 6.20 Å². The highest BCUT2D eigenvalue weighted by molar-refractivity contribution is 7.99. The third-order valence-electron chi connectivity index (χ3n) is 3.19. The van der Waals surface area contributed by atoms with Gasteiger partial charge >= 0.3 is 5.97 Å². The molecule has 2 atom stereocenters. The van der Waals surface area contributed by atoms with Gasteiger partial charge < -0.3 is 15.2 Å². The van der Waals surface area contributed by atoms with E-state index in [4.69, 9.17) is 4.74 Å². The van der Waals surface area contributed by atoms with Crippen molar-refractivity contribution >= 4 is 17.7 Å². The van der Waals surface area contributed by atoms with E-state index in [2.05, 4.69) is 10.4 Å². The molecule has 7 heteroatoms. The summed E-state index contributed by atoms with van der Waals surface area (Å²) in [5.41, 5.74) is 1.27. The molecule has 1 heterocycles. The molecule has 0 spiro atoms. The van der Waals surface area contributed by atoms with E-state index >= 15 is 0 Å². The summed E-state index contributed by atoms with van der Waals surface area (Å²) in [5, 5.41) is 16.8. The van der Waals surface area contributed by atoms with Crippen LogP contribution in [0.2, 0.25) is 0 Å². The summed E-state index contributed by atoms with van der Waals surface area (Å²) in [5.74, 6) is -0.353. The molecule has 0 aliphatic carbocycles. The Bertz CT molecular complexity index is 432. The lowest BCUT2D eigenvalue weighted by atomic mass is 10.2. The monoisotopic (exact) mass is 301 g/mol. The van der Waals surface area contributed by atoms with Crippen LogP contribution in [0.25, 0.3) is 0 Å². The molecule has 0 aromatic carbocycles. The fourth-order valence-electron chi connectivity index (χ4n) is 1.88. The first-order valence-corrected chi connectivity index (χ1v) is 7.88. The Morgan fingerprint density at radius 2 is 2.35 bits per heavy atom. The quantitative estimate of drug-likeness (QED) is 0.692.